The van der Waals surface area contributed by atoms with E-state index >= 15 is 0 Å². The van der Waals surface area contributed by atoms with Crippen molar-refractivity contribution in [1.82, 2.24) is 19.6 Å². The number of nitrogens with zero attached hydrogens (tertiary/aromatic N) is 4. The van der Waals surface area contributed by atoms with Gasteiger partial charge in [-0.2, -0.15) is 5.10 Å². The SMILES string of the molecule is CN1CCN(C2CCC(n3ncc4cc(C(N)=O)sc43)CC2)C1=O. The number of primary amides is 1. The van der Waals surface area contributed by atoms with Crippen molar-refractivity contribution in [3.63, 3.8) is 0 Å². The topological polar surface area (TPSA) is 84.5 Å². The normalized spacial score (nSPS) is 25.0. The molecule has 1 saturated heterocycles. The van der Waals surface area contributed by atoms with Gasteiger partial charge in [-0.05, 0) is 31.7 Å². The molecule has 0 radical (unpaired) electrons. The molecule has 7 nitrogen and oxygen atoms in total. The first-order chi connectivity index (χ1) is 11.5. The quantitative estimate of drug-likeness (QED) is 0.922. The zero-order valence-electron chi connectivity index (χ0n) is 13.6. The van der Waals surface area contributed by atoms with Gasteiger partial charge >= 0.3 is 6.03 Å². The Bertz CT molecular complexity index is 790. The standard InChI is InChI=1S/C16H21N5O2S/c1-19-6-7-20(16(19)23)11-2-4-12(5-3-11)21-15-10(9-18-21)8-13(24-15)14(17)22/h8-9,11-12H,2-7H2,1H3,(H2,17,22). The van der Waals surface area contributed by atoms with Gasteiger partial charge in [0.05, 0.1) is 17.1 Å². The molecule has 2 aromatic rings. The number of nitrogens with two attached hydrogens (primary N) is 1. The lowest BCUT2D eigenvalue weighted by Gasteiger charge is -2.34. The van der Waals surface area contributed by atoms with Crippen molar-refractivity contribution in [3.05, 3.63) is 17.1 Å². The minimum atomic E-state index is -0.386. The van der Waals surface area contributed by atoms with E-state index in [4.69, 9.17) is 5.73 Å². The second kappa shape index (κ2) is 5.77. The monoisotopic (exact) mass is 347 g/mol. The summed E-state index contributed by atoms with van der Waals surface area (Å²) >= 11 is 1.41. The van der Waals surface area contributed by atoms with Crippen LogP contribution in [0, 0.1) is 0 Å². The fourth-order valence-corrected chi connectivity index (χ4v) is 4.86. The summed E-state index contributed by atoms with van der Waals surface area (Å²) in [5, 5.41) is 5.49. The first-order valence-electron chi connectivity index (χ1n) is 8.33. The molecule has 128 valence electrons. The van der Waals surface area contributed by atoms with Crippen molar-refractivity contribution < 1.29 is 9.59 Å². The first kappa shape index (κ1) is 15.4. The fourth-order valence-electron chi connectivity index (χ4n) is 3.85. The second-order valence-electron chi connectivity index (χ2n) is 6.68. The number of aromatic nitrogens is 2. The highest BCUT2D eigenvalue weighted by Crippen LogP contribution is 2.36. The van der Waals surface area contributed by atoms with Gasteiger partial charge in [0.25, 0.3) is 5.91 Å². The number of rotatable bonds is 3. The molecular formula is C16H21N5O2S. The lowest BCUT2D eigenvalue weighted by Crippen LogP contribution is -2.40. The van der Waals surface area contributed by atoms with Crippen LogP contribution in [0.4, 0.5) is 4.79 Å². The maximum absolute atomic E-state index is 12.1. The molecule has 3 heterocycles. The maximum atomic E-state index is 12.1. The molecule has 4 rings (SSSR count). The van der Waals surface area contributed by atoms with E-state index in [0.29, 0.717) is 17.0 Å². The average Bonchev–Trinajstić information content (AvgIpc) is 3.23. The molecular weight excluding hydrogens is 326 g/mol. The van der Waals surface area contributed by atoms with Crippen molar-refractivity contribution in [2.45, 2.75) is 37.8 Å². The molecule has 2 aliphatic rings. The smallest absolute Gasteiger partial charge is 0.320 e. The van der Waals surface area contributed by atoms with Gasteiger partial charge in [0.15, 0.2) is 0 Å². The molecule has 0 unspecified atom stereocenters. The molecule has 0 aromatic carbocycles. The van der Waals surface area contributed by atoms with E-state index in [1.807, 2.05) is 28.9 Å². The molecule has 1 aliphatic heterocycles. The largest absolute Gasteiger partial charge is 0.365 e. The van der Waals surface area contributed by atoms with E-state index in [2.05, 4.69) is 5.10 Å². The molecule has 0 atom stereocenters. The third-order valence-corrected chi connectivity index (χ3v) is 6.37. The van der Waals surface area contributed by atoms with E-state index in [-0.39, 0.29) is 11.9 Å². The van der Waals surface area contributed by atoms with Crippen LogP contribution in [0.25, 0.3) is 10.2 Å². The summed E-state index contributed by atoms with van der Waals surface area (Å²) in [5.41, 5.74) is 5.38. The summed E-state index contributed by atoms with van der Waals surface area (Å²) in [6.45, 7) is 1.66. The van der Waals surface area contributed by atoms with Gasteiger partial charge in [-0.1, -0.05) is 0 Å². The summed E-state index contributed by atoms with van der Waals surface area (Å²) in [7, 11) is 1.86. The fraction of sp³-hybridized carbons (Fsp3) is 0.562. The van der Waals surface area contributed by atoms with Gasteiger partial charge in [0.1, 0.15) is 4.83 Å². The number of hydrogen-bond acceptors (Lipinski definition) is 4. The Morgan fingerprint density at radius 1 is 1.25 bits per heavy atom. The van der Waals surface area contributed by atoms with Crippen LogP contribution in [0.3, 0.4) is 0 Å². The van der Waals surface area contributed by atoms with Crippen LogP contribution in [-0.2, 0) is 0 Å². The molecule has 1 aliphatic carbocycles. The van der Waals surface area contributed by atoms with Gasteiger partial charge in [0, 0.05) is 31.6 Å². The van der Waals surface area contributed by atoms with Gasteiger partial charge in [-0.3, -0.25) is 9.48 Å². The van der Waals surface area contributed by atoms with Crippen molar-refractivity contribution in [2.75, 3.05) is 20.1 Å². The highest BCUT2D eigenvalue weighted by atomic mass is 32.1. The molecule has 8 heteroatoms. The molecule has 0 bridgehead atoms. The van der Waals surface area contributed by atoms with Crippen molar-refractivity contribution in [1.29, 1.82) is 0 Å². The van der Waals surface area contributed by atoms with Crippen LogP contribution >= 0.6 is 11.3 Å². The van der Waals surface area contributed by atoms with Crippen LogP contribution in [-0.4, -0.2) is 57.7 Å². The van der Waals surface area contributed by atoms with Crippen molar-refractivity contribution in [3.8, 4) is 0 Å². The van der Waals surface area contributed by atoms with E-state index in [1.165, 1.54) is 11.3 Å². The number of likely N-dealkylation sites (N-methyl/N-ethyl adjacent to an activating group) is 1. The Morgan fingerprint density at radius 3 is 2.58 bits per heavy atom. The van der Waals surface area contributed by atoms with Gasteiger partial charge in [-0.15, -0.1) is 11.3 Å². The molecule has 1 saturated carbocycles. The Balaban J connectivity index is 1.48. The van der Waals surface area contributed by atoms with Crippen LogP contribution < -0.4 is 5.73 Å². The highest BCUT2D eigenvalue weighted by Gasteiger charge is 2.34. The molecule has 0 spiro atoms. The zero-order valence-corrected chi connectivity index (χ0v) is 14.5. The summed E-state index contributed by atoms with van der Waals surface area (Å²) in [6, 6.07) is 2.64. The predicted molar refractivity (Wildman–Crippen MR) is 92.2 cm³/mol. The number of carbonyl (C=O) groups excluding carboxylic acids is 2. The van der Waals surface area contributed by atoms with Crippen molar-refractivity contribution in [2.24, 2.45) is 5.73 Å². The van der Waals surface area contributed by atoms with E-state index in [0.717, 1.165) is 49.0 Å². The zero-order chi connectivity index (χ0) is 16.8. The minimum Gasteiger partial charge on any atom is -0.365 e. The number of carbonyl (C=O) groups is 2. The Morgan fingerprint density at radius 2 is 1.96 bits per heavy atom. The van der Waals surface area contributed by atoms with E-state index in [9.17, 15) is 9.59 Å². The maximum Gasteiger partial charge on any atom is 0.320 e. The van der Waals surface area contributed by atoms with Gasteiger partial charge in [-0.25, -0.2) is 4.79 Å². The lowest BCUT2D eigenvalue weighted by molar-refractivity contribution is 0.100. The minimum absolute atomic E-state index is 0.157. The summed E-state index contributed by atoms with van der Waals surface area (Å²) < 4.78 is 2.04. The van der Waals surface area contributed by atoms with Crippen LogP contribution in [0.5, 0.6) is 0 Å². The molecule has 2 aromatic heterocycles. The third kappa shape index (κ3) is 2.45. The Hall–Kier alpha value is -2.09. The number of hydrogen-bond donors (Lipinski definition) is 1. The molecule has 24 heavy (non-hydrogen) atoms. The van der Waals surface area contributed by atoms with E-state index < -0.39 is 0 Å². The summed E-state index contributed by atoms with van der Waals surface area (Å²) in [6.07, 6.45) is 5.81. The Kier molecular flexibility index (Phi) is 3.71. The van der Waals surface area contributed by atoms with Gasteiger partial charge in [0.2, 0.25) is 0 Å². The molecule has 2 fully saturated rings. The third-order valence-electron chi connectivity index (χ3n) is 5.21. The predicted octanol–water partition coefficient (Wildman–Crippen LogP) is 2.05. The van der Waals surface area contributed by atoms with Crippen LogP contribution in [0.1, 0.15) is 41.4 Å². The summed E-state index contributed by atoms with van der Waals surface area (Å²) in [4.78, 5) is 28.9. The second-order valence-corrected chi connectivity index (χ2v) is 7.72. The average molecular weight is 347 g/mol. The van der Waals surface area contributed by atoms with E-state index in [1.54, 1.807) is 4.90 Å². The Labute approximate surface area is 144 Å². The molecule has 2 N–H and O–H groups in total. The summed E-state index contributed by atoms with van der Waals surface area (Å²) in [5.74, 6) is -0.386. The van der Waals surface area contributed by atoms with Crippen LogP contribution in [0.2, 0.25) is 0 Å². The van der Waals surface area contributed by atoms with Gasteiger partial charge < -0.3 is 15.5 Å². The molecule has 3 amide bonds. The number of amides is 3. The number of thiophene rings is 1. The highest BCUT2D eigenvalue weighted by molar-refractivity contribution is 7.20. The van der Waals surface area contributed by atoms with Crippen molar-refractivity contribution >= 4 is 33.5 Å². The first-order valence-corrected chi connectivity index (χ1v) is 9.15. The lowest BCUT2D eigenvalue weighted by atomic mass is 9.90. The number of fused-ring (bicyclic) bond motifs is 1. The number of urea groups is 1. The van der Waals surface area contributed by atoms with Crippen LogP contribution in [0.15, 0.2) is 12.3 Å².